The van der Waals surface area contributed by atoms with Gasteiger partial charge in [0.2, 0.25) is 0 Å². The summed E-state index contributed by atoms with van der Waals surface area (Å²) >= 11 is 0. The first-order valence-electron chi connectivity index (χ1n) is 1.34. The third kappa shape index (κ3) is 404. The van der Waals surface area contributed by atoms with Crippen LogP contribution in [0.5, 0.6) is 0 Å². The molecule has 0 aromatic heterocycles. The molecule has 68 valence electrons. The van der Waals surface area contributed by atoms with Crippen molar-refractivity contribution in [3.05, 3.63) is 39.4 Å². The first-order chi connectivity index (χ1) is 6.00. The number of hydrogen-bond donors (Lipinski definition) is 0. The molecule has 0 bridgehead atoms. The van der Waals surface area contributed by atoms with Gasteiger partial charge in [0, 0.05) is 17.1 Å². The largest absolute Gasteiger partial charge is 1.00 e. The predicted octanol–water partition coefficient (Wildman–Crippen LogP) is -11.4. The molecule has 11 heteroatoms. The van der Waals surface area contributed by atoms with E-state index in [1.807, 2.05) is 0 Å². The molecule has 0 saturated heterocycles. The molecule has 0 unspecified atom stereocenters. The van der Waals surface area contributed by atoms with Crippen molar-refractivity contribution in [3.8, 4) is 0 Å². The second-order valence-corrected chi connectivity index (χ2v) is 0. The number of rotatable bonds is 0. The SMILES string of the molecule is [C-]#N.[C-]#N.[C-]#N.[C-]#N.[C-]#N.[C-]#N.[Fe].[K+].[K+].[K+].[K+]. The first-order valence-corrected chi connectivity index (χ1v) is 1.34. The maximum atomic E-state index is 6.25. The Balaban J connectivity index is -0.00000000267. The molecule has 0 aromatic rings. The topological polar surface area (TPSA) is 143 Å². The van der Waals surface area contributed by atoms with Crippen molar-refractivity contribution in [3.63, 3.8) is 0 Å². The van der Waals surface area contributed by atoms with Gasteiger partial charge in [-0.3, -0.25) is 0 Å². The Morgan fingerprint density at radius 1 is 0.294 bits per heavy atom. The maximum Gasteiger partial charge on any atom is 1.00 e. The molecule has 0 N–H and O–H groups in total. The minimum atomic E-state index is 0. The van der Waals surface area contributed by atoms with Gasteiger partial charge < -0.3 is 71.0 Å². The van der Waals surface area contributed by atoms with Crippen molar-refractivity contribution in [2.75, 3.05) is 0 Å². The van der Waals surface area contributed by atoms with Crippen molar-refractivity contribution >= 4 is 0 Å². The zero-order valence-electron chi connectivity index (χ0n) is 10.0. The van der Waals surface area contributed by atoms with Gasteiger partial charge in [0.25, 0.3) is 0 Å². The van der Waals surface area contributed by atoms with Gasteiger partial charge in [-0.25, -0.2) is 0 Å². The van der Waals surface area contributed by atoms with Crippen molar-refractivity contribution in [1.29, 1.82) is 31.6 Å². The second-order valence-electron chi connectivity index (χ2n) is 0. The Morgan fingerprint density at radius 3 is 0.294 bits per heavy atom. The third-order valence-electron chi connectivity index (χ3n) is 0. The van der Waals surface area contributed by atoms with Gasteiger partial charge in [-0.1, -0.05) is 0 Å². The van der Waals surface area contributed by atoms with Gasteiger partial charge >= 0.3 is 206 Å². The van der Waals surface area contributed by atoms with E-state index in [4.69, 9.17) is 71.0 Å². The Hall–Kier alpha value is 4.00. The zero-order valence-corrected chi connectivity index (χ0v) is 23.6. The molecule has 0 aromatic carbocycles. The smallest absolute Gasteiger partial charge is 0.512 e. The van der Waals surface area contributed by atoms with E-state index in [-0.39, 0.29) is 223 Å². The Bertz CT molecular complexity index is 106. The maximum absolute atomic E-state index is 6.25. The summed E-state index contributed by atoms with van der Waals surface area (Å²) in [7, 11) is 0. The van der Waals surface area contributed by atoms with Crippen LogP contribution >= 0.6 is 0 Å². The monoisotopic (exact) mass is 368 g/mol. The summed E-state index contributed by atoms with van der Waals surface area (Å²) in [5.74, 6) is 0. The van der Waals surface area contributed by atoms with E-state index in [9.17, 15) is 0 Å². The van der Waals surface area contributed by atoms with Crippen LogP contribution in [0.2, 0.25) is 0 Å². The molecule has 0 radical (unpaired) electrons. The Labute approximate surface area is 284 Å². The van der Waals surface area contributed by atoms with E-state index < -0.39 is 0 Å². The van der Waals surface area contributed by atoms with E-state index >= 15 is 0 Å². The molecule has 0 spiro atoms. The van der Waals surface area contributed by atoms with E-state index in [0.29, 0.717) is 0 Å². The van der Waals surface area contributed by atoms with Crippen LogP contribution in [0.1, 0.15) is 0 Å². The summed E-state index contributed by atoms with van der Waals surface area (Å²) in [6, 6.07) is 0. The third-order valence-corrected chi connectivity index (χ3v) is 0. The molecular formula is C6FeK4N6-2. The van der Waals surface area contributed by atoms with Crippen LogP contribution < -0.4 is 206 Å². The van der Waals surface area contributed by atoms with Gasteiger partial charge in [0.05, 0.1) is 0 Å². The summed E-state index contributed by atoms with van der Waals surface area (Å²) in [5.41, 5.74) is 0. The summed E-state index contributed by atoms with van der Waals surface area (Å²) in [6.45, 7) is 28.5. The molecule has 0 atom stereocenters. The van der Waals surface area contributed by atoms with E-state index in [0.717, 1.165) is 0 Å². The zero-order chi connectivity index (χ0) is 12.0. The van der Waals surface area contributed by atoms with Crippen molar-refractivity contribution in [1.82, 2.24) is 0 Å². The predicted molar refractivity (Wildman–Crippen MR) is 29.8 cm³/mol. The summed E-state index contributed by atoms with van der Waals surface area (Å²) in [6.07, 6.45) is 0. The van der Waals surface area contributed by atoms with Gasteiger partial charge in [-0.15, -0.1) is 0 Å². The minimum absolute atomic E-state index is 0. The molecule has 0 fully saturated rings. The molecule has 17 heavy (non-hydrogen) atoms. The molecule has 0 aliphatic heterocycles. The van der Waals surface area contributed by atoms with Crippen LogP contribution in [0.15, 0.2) is 0 Å². The van der Waals surface area contributed by atoms with Crippen LogP contribution in [0.3, 0.4) is 0 Å². The average Bonchev–Trinajstić information content (AvgIpc) is 2.33. The fraction of sp³-hybridized carbons (Fsp3) is 0. The molecule has 0 rings (SSSR count). The quantitative estimate of drug-likeness (QED) is 0.307. The molecular weight excluding hydrogens is 368 g/mol. The van der Waals surface area contributed by atoms with Gasteiger partial charge in [0.15, 0.2) is 0 Å². The molecule has 0 aliphatic rings. The molecule has 0 heterocycles. The van der Waals surface area contributed by atoms with Crippen LogP contribution in [-0.4, -0.2) is 0 Å². The Morgan fingerprint density at radius 2 is 0.294 bits per heavy atom. The van der Waals surface area contributed by atoms with Crippen molar-refractivity contribution in [2.45, 2.75) is 0 Å². The van der Waals surface area contributed by atoms with Crippen LogP contribution in [-0.2, 0) is 17.1 Å². The molecule has 6 nitrogen and oxygen atoms in total. The van der Waals surface area contributed by atoms with E-state index in [2.05, 4.69) is 0 Å². The summed E-state index contributed by atoms with van der Waals surface area (Å²) in [5, 5.41) is 37.5. The molecule has 0 saturated carbocycles. The van der Waals surface area contributed by atoms with E-state index in [1.54, 1.807) is 0 Å². The van der Waals surface area contributed by atoms with Gasteiger partial charge in [-0.05, 0) is 0 Å². The van der Waals surface area contributed by atoms with Crippen LogP contribution in [0, 0.1) is 71.0 Å². The standard InChI is InChI=1S/6CN.Fe.4K/c6*1-2;;;;;/q6*-1;;4*+1. The second kappa shape index (κ2) is 450. The van der Waals surface area contributed by atoms with Gasteiger partial charge in [-0.2, -0.15) is 0 Å². The number of nitrogens with zero attached hydrogens (tertiary/aromatic N) is 6. The van der Waals surface area contributed by atoms with Crippen molar-refractivity contribution < 1.29 is 223 Å². The first kappa shape index (κ1) is 84.0. The van der Waals surface area contributed by atoms with Crippen molar-refractivity contribution in [2.24, 2.45) is 0 Å². The molecule has 0 aliphatic carbocycles. The summed E-state index contributed by atoms with van der Waals surface area (Å²) < 4.78 is 0. The normalized spacial score (nSPS) is 0.706. The fourth-order valence-electron chi connectivity index (χ4n) is 0. The number of hydrogen-bond acceptors (Lipinski definition) is 6. The molecule has 0 amide bonds. The Kier molecular flexibility index (Phi) is 2230. The minimum Gasteiger partial charge on any atom is -0.512 e. The average molecular weight is 368 g/mol. The van der Waals surface area contributed by atoms with Crippen LogP contribution in [0.4, 0.5) is 0 Å². The summed E-state index contributed by atoms with van der Waals surface area (Å²) in [4.78, 5) is 0. The van der Waals surface area contributed by atoms with Crippen LogP contribution in [0.25, 0.3) is 0 Å². The van der Waals surface area contributed by atoms with E-state index in [1.165, 1.54) is 0 Å². The van der Waals surface area contributed by atoms with Gasteiger partial charge in [0.1, 0.15) is 0 Å². The fourth-order valence-corrected chi connectivity index (χ4v) is 0.